The fourth-order valence-electron chi connectivity index (χ4n) is 2.60. The molecular weight excluding hydrogens is 432 g/mol. The van der Waals surface area contributed by atoms with Crippen LogP contribution in [-0.4, -0.2) is 32.6 Å². The molecule has 0 radical (unpaired) electrons. The van der Waals surface area contributed by atoms with E-state index in [0.29, 0.717) is 17.1 Å². The number of anilines is 1. The van der Waals surface area contributed by atoms with Crippen molar-refractivity contribution in [2.45, 2.75) is 6.54 Å². The molecule has 0 bridgehead atoms. The van der Waals surface area contributed by atoms with Gasteiger partial charge < -0.3 is 0 Å². The molecule has 0 saturated carbocycles. The molecule has 0 fully saturated rings. The van der Waals surface area contributed by atoms with Crippen molar-refractivity contribution in [2.75, 3.05) is 18.3 Å². The van der Waals surface area contributed by atoms with E-state index in [4.69, 9.17) is 11.6 Å². The zero-order valence-electron chi connectivity index (χ0n) is 15.7. The molecule has 0 aliphatic carbocycles. The van der Waals surface area contributed by atoms with Gasteiger partial charge in [-0.3, -0.25) is 9.80 Å². The lowest BCUT2D eigenvalue weighted by atomic mass is 10.1. The molecule has 1 heterocycles. The molecule has 3 aromatic rings. The predicted octanol–water partition coefficient (Wildman–Crippen LogP) is 3.29. The molecule has 0 aliphatic heterocycles. The first-order chi connectivity index (χ1) is 13.7. The van der Waals surface area contributed by atoms with Gasteiger partial charge in [0.15, 0.2) is 5.13 Å². The third kappa shape index (κ3) is 5.54. The number of aromatic nitrogens is 1. The Morgan fingerprint density at radius 1 is 1.17 bits per heavy atom. The molecule has 0 unspecified atom stereocenters. The van der Waals surface area contributed by atoms with Crippen molar-refractivity contribution < 1.29 is 13.2 Å². The molecule has 0 aliphatic rings. The number of rotatable bonds is 7. The second-order valence-electron chi connectivity index (χ2n) is 6.25. The number of amides is 1. The Morgan fingerprint density at radius 3 is 2.59 bits per heavy atom. The molecular formula is C19H19ClN4O3S2. The van der Waals surface area contributed by atoms with Crippen LogP contribution in [0.3, 0.4) is 0 Å². The minimum atomic E-state index is -3.64. The normalized spacial score (nSPS) is 11.3. The Kier molecular flexibility index (Phi) is 6.53. The fraction of sp³-hybridized carbons (Fsp3) is 0.158. The van der Waals surface area contributed by atoms with E-state index in [-0.39, 0.29) is 5.56 Å². The molecule has 29 heavy (non-hydrogen) atoms. The van der Waals surface area contributed by atoms with Crippen LogP contribution in [0.5, 0.6) is 0 Å². The van der Waals surface area contributed by atoms with E-state index in [1.54, 1.807) is 29.3 Å². The molecule has 3 rings (SSSR count). The van der Waals surface area contributed by atoms with Gasteiger partial charge in [0.1, 0.15) is 0 Å². The van der Waals surface area contributed by atoms with Gasteiger partial charge in [0.05, 0.1) is 11.9 Å². The van der Waals surface area contributed by atoms with Crippen molar-refractivity contribution in [3.8, 4) is 11.3 Å². The highest BCUT2D eigenvalue weighted by Crippen LogP contribution is 2.31. The van der Waals surface area contributed by atoms with Crippen LogP contribution in [0.1, 0.15) is 15.9 Å². The van der Waals surface area contributed by atoms with Gasteiger partial charge >= 0.3 is 0 Å². The zero-order chi connectivity index (χ0) is 21.0. The first-order valence-corrected chi connectivity index (χ1v) is 11.7. The number of benzene rings is 2. The highest BCUT2D eigenvalue weighted by molar-refractivity contribution is 7.89. The highest BCUT2D eigenvalue weighted by atomic mass is 35.5. The van der Waals surface area contributed by atoms with Crippen LogP contribution in [0.2, 0.25) is 5.02 Å². The summed E-state index contributed by atoms with van der Waals surface area (Å²) >= 11 is 7.69. The quantitative estimate of drug-likeness (QED) is 0.537. The van der Waals surface area contributed by atoms with Crippen LogP contribution in [0.25, 0.3) is 11.3 Å². The Labute approximate surface area is 178 Å². The van der Waals surface area contributed by atoms with Crippen molar-refractivity contribution in [3.05, 3.63) is 70.1 Å². The number of hydrogen-bond donors (Lipinski definition) is 2. The highest BCUT2D eigenvalue weighted by Gasteiger charge is 2.16. The summed E-state index contributed by atoms with van der Waals surface area (Å²) in [7, 11) is -1.83. The maximum atomic E-state index is 12.2. The molecule has 0 saturated heterocycles. The molecule has 0 atom stereocenters. The zero-order valence-corrected chi connectivity index (χ0v) is 18.1. The number of carbonyl (C=O) groups excluding carboxylic acids is 1. The molecule has 1 amide bonds. The number of nitrogens with zero attached hydrogens (tertiary/aromatic N) is 2. The largest absolute Gasteiger partial charge is 0.286 e. The third-order valence-corrected chi connectivity index (χ3v) is 5.78. The summed E-state index contributed by atoms with van der Waals surface area (Å²) in [6.45, 7) is 0.310. The summed E-state index contributed by atoms with van der Waals surface area (Å²) < 4.78 is 24.7. The number of halogens is 1. The standard InChI is InChI=1S/C19H19ClN4O3S2/c1-24(19-22-17(12-28-19)15-9-5-6-10-16(15)20)21-11-13-7-3-4-8-14(13)18(25)23-29(2,26)27/h3-10,12,21H,11H2,1-2H3,(H,23,25). The molecule has 0 spiro atoms. The van der Waals surface area contributed by atoms with Crippen molar-refractivity contribution in [3.63, 3.8) is 0 Å². The van der Waals surface area contributed by atoms with Gasteiger partial charge in [-0.05, 0) is 17.7 Å². The van der Waals surface area contributed by atoms with Crippen molar-refractivity contribution >= 4 is 44.0 Å². The van der Waals surface area contributed by atoms with Crippen LogP contribution in [-0.2, 0) is 16.6 Å². The Morgan fingerprint density at radius 2 is 1.86 bits per heavy atom. The summed E-state index contributed by atoms with van der Waals surface area (Å²) in [6, 6.07) is 14.3. The van der Waals surface area contributed by atoms with E-state index >= 15 is 0 Å². The summed E-state index contributed by atoms with van der Waals surface area (Å²) in [6.07, 6.45) is 0.943. The van der Waals surface area contributed by atoms with Crippen LogP contribution in [0.4, 0.5) is 5.13 Å². The van der Waals surface area contributed by atoms with Gasteiger partial charge in [0.25, 0.3) is 5.91 Å². The third-order valence-electron chi connectivity index (χ3n) is 3.98. The van der Waals surface area contributed by atoms with E-state index in [0.717, 1.165) is 22.6 Å². The first-order valence-electron chi connectivity index (χ1n) is 8.52. The monoisotopic (exact) mass is 450 g/mol. The van der Waals surface area contributed by atoms with Crippen molar-refractivity contribution in [2.24, 2.45) is 0 Å². The lowest BCUT2D eigenvalue weighted by molar-refractivity contribution is 0.0980. The van der Waals surface area contributed by atoms with Gasteiger partial charge in [0.2, 0.25) is 10.0 Å². The number of sulfonamides is 1. The number of hydrazine groups is 1. The predicted molar refractivity (Wildman–Crippen MR) is 117 cm³/mol. The molecule has 152 valence electrons. The van der Waals surface area contributed by atoms with Gasteiger partial charge in [0, 0.05) is 35.1 Å². The fourth-order valence-corrected chi connectivity index (χ4v) is 4.05. The number of hydrogen-bond acceptors (Lipinski definition) is 7. The minimum absolute atomic E-state index is 0.287. The van der Waals surface area contributed by atoms with Crippen LogP contribution in [0, 0.1) is 0 Å². The minimum Gasteiger partial charge on any atom is -0.286 e. The maximum absolute atomic E-state index is 12.2. The Hall–Kier alpha value is -2.46. The van der Waals surface area contributed by atoms with Crippen molar-refractivity contribution in [1.29, 1.82) is 0 Å². The van der Waals surface area contributed by atoms with E-state index in [1.807, 2.05) is 41.4 Å². The Bertz CT molecular complexity index is 1130. The summed E-state index contributed by atoms with van der Waals surface area (Å²) in [5, 5.41) is 5.02. The van der Waals surface area contributed by atoms with Crippen LogP contribution < -0.4 is 15.2 Å². The van der Waals surface area contributed by atoms with Gasteiger partial charge in [-0.2, -0.15) is 0 Å². The van der Waals surface area contributed by atoms with Crippen LogP contribution in [0.15, 0.2) is 53.9 Å². The number of carbonyl (C=O) groups is 1. The van der Waals surface area contributed by atoms with Gasteiger partial charge in [-0.1, -0.05) is 48.0 Å². The lowest BCUT2D eigenvalue weighted by Crippen LogP contribution is -2.35. The van der Waals surface area contributed by atoms with Crippen molar-refractivity contribution in [1.82, 2.24) is 15.1 Å². The number of thiazole rings is 1. The molecule has 7 nitrogen and oxygen atoms in total. The number of nitrogens with one attached hydrogen (secondary N) is 2. The second-order valence-corrected chi connectivity index (χ2v) is 9.24. The molecule has 10 heteroatoms. The molecule has 1 aromatic heterocycles. The average molecular weight is 451 g/mol. The van der Waals surface area contributed by atoms with E-state index < -0.39 is 15.9 Å². The van der Waals surface area contributed by atoms with E-state index in [1.165, 1.54) is 11.3 Å². The first kappa shape index (κ1) is 21.3. The lowest BCUT2D eigenvalue weighted by Gasteiger charge is -2.18. The molecule has 2 aromatic carbocycles. The average Bonchev–Trinajstić information content (AvgIpc) is 3.15. The summed E-state index contributed by atoms with van der Waals surface area (Å²) in [5.41, 5.74) is 5.74. The molecule has 2 N–H and O–H groups in total. The second kappa shape index (κ2) is 8.91. The summed E-state index contributed by atoms with van der Waals surface area (Å²) in [5.74, 6) is -0.664. The van der Waals surface area contributed by atoms with Gasteiger partial charge in [-0.15, -0.1) is 11.3 Å². The van der Waals surface area contributed by atoms with E-state index in [2.05, 4.69) is 10.4 Å². The van der Waals surface area contributed by atoms with Crippen LogP contribution >= 0.6 is 22.9 Å². The topological polar surface area (TPSA) is 91.4 Å². The Balaban J connectivity index is 1.71. The maximum Gasteiger partial charge on any atom is 0.265 e. The SMILES string of the molecule is CN(NCc1ccccc1C(=O)NS(C)(=O)=O)c1nc(-c2ccccc2Cl)cs1. The van der Waals surface area contributed by atoms with Gasteiger partial charge in [-0.25, -0.2) is 23.5 Å². The smallest absolute Gasteiger partial charge is 0.265 e. The summed E-state index contributed by atoms with van der Waals surface area (Å²) in [4.78, 5) is 16.8. The van der Waals surface area contributed by atoms with E-state index in [9.17, 15) is 13.2 Å².